The number of carbonyl (C=O) groups excluding carboxylic acids is 1. The lowest BCUT2D eigenvalue weighted by molar-refractivity contribution is 0.0734. The van der Waals surface area contributed by atoms with Crippen molar-refractivity contribution in [2.24, 2.45) is 4.99 Å². The Kier molecular flexibility index (Phi) is 5.99. The maximum atomic E-state index is 12.4. The molecule has 0 bridgehead atoms. The molecular formula is C19H21ClN2O2. The Morgan fingerprint density at radius 1 is 1.21 bits per heavy atom. The van der Waals surface area contributed by atoms with Crippen LogP contribution in [0.3, 0.4) is 0 Å². The molecule has 2 aromatic carbocycles. The number of halogens is 1. The molecule has 0 N–H and O–H groups in total. The predicted molar refractivity (Wildman–Crippen MR) is 98.8 cm³/mol. The number of carbonyl (C=O) groups is 1. The van der Waals surface area contributed by atoms with Gasteiger partial charge >= 0.3 is 5.97 Å². The monoisotopic (exact) mass is 344 g/mol. The van der Waals surface area contributed by atoms with E-state index in [0.717, 1.165) is 23.4 Å². The normalized spacial score (nSPS) is 10.9. The van der Waals surface area contributed by atoms with Gasteiger partial charge in [-0.2, -0.15) is 0 Å². The number of benzene rings is 2. The van der Waals surface area contributed by atoms with E-state index in [0.29, 0.717) is 16.3 Å². The summed E-state index contributed by atoms with van der Waals surface area (Å²) in [6.45, 7) is 6.74. The lowest BCUT2D eigenvalue weighted by Gasteiger charge is -2.11. The summed E-state index contributed by atoms with van der Waals surface area (Å²) < 4.78 is 5.40. The summed E-state index contributed by atoms with van der Waals surface area (Å²) >= 11 is 5.83. The maximum Gasteiger partial charge on any atom is 0.343 e. The molecular weight excluding hydrogens is 324 g/mol. The van der Waals surface area contributed by atoms with Gasteiger partial charge in [-0.3, -0.25) is 0 Å². The Hall–Kier alpha value is -2.33. The number of ether oxygens (including phenoxy) is 1. The SMILES string of the molecule is CCN(C)C=Nc1cc(C)c(C(=O)Oc2ccc(Cl)cc2)cc1C. The summed E-state index contributed by atoms with van der Waals surface area (Å²) in [4.78, 5) is 18.8. The van der Waals surface area contributed by atoms with E-state index >= 15 is 0 Å². The highest BCUT2D eigenvalue weighted by Gasteiger charge is 2.14. The van der Waals surface area contributed by atoms with Crippen molar-refractivity contribution in [1.29, 1.82) is 0 Å². The second-order valence-electron chi connectivity index (χ2n) is 5.61. The van der Waals surface area contributed by atoms with Crippen molar-refractivity contribution >= 4 is 29.6 Å². The standard InChI is InChI=1S/C19H21ClN2O2/c1-5-22(4)12-21-18-11-13(2)17(10-14(18)3)19(23)24-16-8-6-15(20)7-9-16/h6-12H,5H2,1-4H3. The van der Waals surface area contributed by atoms with Crippen molar-refractivity contribution in [2.45, 2.75) is 20.8 Å². The molecule has 0 fully saturated rings. The van der Waals surface area contributed by atoms with E-state index < -0.39 is 0 Å². The number of esters is 1. The Balaban J connectivity index is 2.21. The third kappa shape index (κ3) is 4.59. The van der Waals surface area contributed by atoms with Crippen LogP contribution in [0.1, 0.15) is 28.4 Å². The average molecular weight is 345 g/mol. The van der Waals surface area contributed by atoms with Crippen LogP contribution in [-0.2, 0) is 0 Å². The summed E-state index contributed by atoms with van der Waals surface area (Å²) in [5.41, 5.74) is 3.12. The second kappa shape index (κ2) is 7.97. The summed E-state index contributed by atoms with van der Waals surface area (Å²) in [5, 5.41) is 0.598. The largest absolute Gasteiger partial charge is 0.423 e. The van der Waals surface area contributed by atoms with Crippen molar-refractivity contribution < 1.29 is 9.53 Å². The first kappa shape index (κ1) is 18.0. The van der Waals surface area contributed by atoms with Crippen molar-refractivity contribution in [3.8, 4) is 5.75 Å². The molecule has 0 aromatic heterocycles. The van der Waals surface area contributed by atoms with Gasteiger partial charge in [-0.1, -0.05) is 11.6 Å². The summed E-state index contributed by atoms with van der Waals surface area (Å²) in [7, 11) is 1.96. The van der Waals surface area contributed by atoms with Crippen LogP contribution in [0.5, 0.6) is 5.75 Å². The van der Waals surface area contributed by atoms with Crippen LogP contribution in [0.25, 0.3) is 0 Å². The number of aliphatic imine (C=N–C) groups is 1. The molecule has 0 saturated carbocycles. The molecule has 24 heavy (non-hydrogen) atoms. The van der Waals surface area contributed by atoms with E-state index in [2.05, 4.69) is 11.9 Å². The quantitative estimate of drug-likeness (QED) is 0.339. The summed E-state index contributed by atoms with van der Waals surface area (Å²) in [6, 6.07) is 10.4. The smallest absolute Gasteiger partial charge is 0.343 e. The number of rotatable bonds is 5. The zero-order valence-corrected chi connectivity index (χ0v) is 15.1. The minimum absolute atomic E-state index is 0.390. The minimum Gasteiger partial charge on any atom is -0.423 e. The number of nitrogens with zero attached hydrogens (tertiary/aromatic N) is 2. The molecule has 4 nitrogen and oxygen atoms in total. The van der Waals surface area contributed by atoms with Gasteiger partial charge in [0.25, 0.3) is 0 Å². The van der Waals surface area contributed by atoms with E-state index in [4.69, 9.17) is 16.3 Å². The molecule has 0 aliphatic rings. The maximum absolute atomic E-state index is 12.4. The van der Waals surface area contributed by atoms with Crippen molar-refractivity contribution in [2.75, 3.05) is 13.6 Å². The Morgan fingerprint density at radius 3 is 2.50 bits per heavy atom. The van der Waals surface area contributed by atoms with Crippen molar-refractivity contribution in [3.05, 3.63) is 58.1 Å². The van der Waals surface area contributed by atoms with E-state index in [1.54, 1.807) is 30.6 Å². The van der Waals surface area contributed by atoms with E-state index in [-0.39, 0.29) is 5.97 Å². The fourth-order valence-electron chi connectivity index (χ4n) is 2.07. The molecule has 5 heteroatoms. The third-order valence-electron chi connectivity index (χ3n) is 3.68. The van der Waals surface area contributed by atoms with E-state index in [1.807, 2.05) is 37.9 Å². The third-order valence-corrected chi connectivity index (χ3v) is 3.93. The van der Waals surface area contributed by atoms with Crippen LogP contribution in [-0.4, -0.2) is 30.8 Å². The molecule has 0 saturated heterocycles. The van der Waals surface area contributed by atoms with Gasteiger partial charge < -0.3 is 9.64 Å². The summed E-state index contributed by atoms with van der Waals surface area (Å²) in [6.07, 6.45) is 1.79. The first-order valence-electron chi connectivity index (χ1n) is 7.74. The van der Waals surface area contributed by atoms with Crippen molar-refractivity contribution in [1.82, 2.24) is 4.90 Å². The molecule has 0 atom stereocenters. The van der Waals surface area contributed by atoms with E-state index in [9.17, 15) is 4.79 Å². The summed E-state index contributed by atoms with van der Waals surface area (Å²) in [5.74, 6) is 0.0762. The Bertz CT molecular complexity index is 755. The van der Waals surface area contributed by atoms with Gasteiger partial charge in [-0.05, 0) is 68.3 Å². The lowest BCUT2D eigenvalue weighted by atomic mass is 10.0. The molecule has 0 unspecified atom stereocenters. The first-order valence-corrected chi connectivity index (χ1v) is 8.12. The van der Waals surface area contributed by atoms with Crippen LogP contribution >= 0.6 is 11.6 Å². The number of aryl methyl sites for hydroxylation is 2. The Labute approximate surface area is 147 Å². The van der Waals surface area contributed by atoms with Crippen LogP contribution in [0, 0.1) is 13.8 Å². The zero-order chi connectivity index (χ0) is 17.7. The van der Waals surface area contributed by atoms with E-state index in [1.165, 1.54) is 0 Å². The second-order valence-corrected chi connectivity index (χ2v) is 6.05. The van der Waals surface area contributed by atoms with Crippen LogP contribution < -0.4 is 4.74 Å². The fraction of sp³-hybridized carbons (Fsp3) is 0.263. The molecule has 0 radical (unpaired) electrons. The van der Waals surface area contributed by atoms with Crippen LogP contribution in [0.4, 0.5) is 5.69 Å². The highest BCUT2D eigenvalue weighted by Crippen LogP contribution is 2.25. The number of hydrogen-bond donors (Lipinski definition) is 0. The van der Waals surface area contributed by atoms with Gasteiger partial charge in [0.15, 0.2) is 0 Å². The molecule has 0 amide bonds. The molecule has 2 aromatic rings. The van der Waals surface area contributed by atoms with Crippen LogP contribution in [0.15, 0.2) is 41.4 Å². The molecule has 0 spiro atoms. The van der Waals surface area contributed by atoms with Gasteiger partial charge in [-0.15, -0.1) is 0 Å². The van der Waals surface area contributed by atoms with Crippen molar-refractivity contribution in [3.63, 3.8) is 0 Å². The zero-order valence-electron chi connectivity index (χ0n) is 14.3. The Morgan fingerprint density at radius 2 is 1.88 bits per heavy atom. The van der Waals surface area contributed by atoms with Crippen LogP contribution in [0.2, 0.25) is 5.02 Å². The molecule has 2 rings (SSSR count). The first-order chi connectivity index (χ1) is 11.4. The molecule has 0 aliphatic carbocycles. The highest BCUT2D eigenvalue weighted by atomic mass is 35.5. The van der Waals surface area contributed by atoms with Gasteiger partial charge in [0, 0.05) is 18.6 Å². The topological polar surface area (TPSA) is 41.9 Å². The van der Waals surface area contributed by atoms with Gasteiger partial charge in [0.05, 0.1) is 17.6 Å². The average Bonchev–Trinajstić information content (AvgIpc) is 2.56. The molecule has 0 aliphatic heterocycles. The lowest BCUT2D eigenvalue weighted by Crippen LogP contribution is -2.14. The fourth-order valence-corrected chi connectivity index (χ4v) is 2.19. The number of hydrogen-bond acceptors (Lipinski definition) is 3. The van der Waals surface area contributed by atoms with Gasteiger partial charge in [0.1, 0.15) is 5.75 Å². The minimum atomic E-state index is -0.390. The predicted octanol–water partition coefficient (Wildman–Crippen LogP) is 4.79. The molecule has 126 valence electrons. The molecule has 0 heterocycles. The van der Waals surface area contributed by atoms with Gasteiger partial charge in [0.2, 0.25) is 0 Å². The van der Waals surface area contributed by atoms with Gasteiger partial charge in [-0.25, -0.2) is 9.79 Å². The highest BCUT2D eigenvalue weighted by molar-refractivity contribution is 6.30.